The fourth-order valence-corrected chi connectivity index (χ4v) is 3.07. The lowest BCUT2D eigenvalue weighted by Gasteiger charge is -2.22. The van der Waals surface area contributed by atoms with Gasteiger partial charge in [0.2, 0.25) is 0 Å². The van der Waals surface area contributed by atoms with Crippen molar-refractivity contribution in [3.63, 3.8) is 0 Å². The summed E-state index contributed by atoms with van der Waals surface area (Å²) in [6.07, 6.45) is 0. The second kappa shape index (κ2) is 10.3. The van der Waals surface area contributed by atoms with Gasteiger partial charge in [-0.3, -0.25) is 9.58 Å². The highest BCUT2D eigenvalue weighted by atomic mass is 15.3. The summed E-state index contributed by atoms with van der Waals surface area (Å²) in [5, 5.41) is 11.3. The molecule has 0 aliphatic carbocycles. The first-order chi connectivity index (χ1) is 13.3. The van der Waals surface area contributed by atoms with E-state index in [0.717, 1.165) is 31.3 Å². The zero-order valence-electron chi connectivity index (χ0n) is 18.5. The van der Waals surface area contributed by atoms with E-state index in [2.05, 4.69) is 86.6 Å². The molecule has 0 aliphatic heterocycles. The lowest BCUT2D eigenvalue weighted by molar-refractivity contribution is 0.265. The molecule has 1 aromatic carbocycles. The van der Waals surface area contributed by atoms with Gasteiger partial charge in [-0.25, -0.2) is 4.99 Å². The maximum atomic E-state index is 4.83. The Kier molecular flexibility index (Phi) is 8.05. The minimum atomic E-state index is 0.515. The van der Waals surface area contributed by atoms with Crippen molar-refractivity contribution >= 4 is 5.96 Å². The van der Waals surface area contributed by atoms with E-state index >= 15 is 0 Å². The molecule has 1 aromatic heterocycles. The maximum absolute atomic E-state index is 4.83. The Labute approximate surface area is 170 Å². The predicted molar refractivity (Wildman–Crippen MR) is 117 cm³/mol. The number of aryl methyl sites for hydroxylation is 2. The summed E-state index contributed by atoms with van der Waals surface area (Å²) >= 11 is 0. The lowest BCUT2D eigenvalue weighted by Crippen LogP contribution is -2.37. The Morgan fingerprint density at radius 3 is 2.43 bits per heavy atom. The number of hydrogen-bond acceptors (Lipinski definition) is 3. The Morgan fingerprint density at radius 2 is 1.86 bits per heavy atom. The fourth-order valence-electron chi connectivity index (χ4n) is 3.07. The van der Waals surface area contributed by atoms with Crippen LogP contribution in [0, 0.1) is 13.8 Å². The molecule has 0 unspecified atom stereocenters. The summed E-state index contributed by atoms with van der Waals surface area (Å²) in [4.78, 5) is 7.17. The summed E-state index contributed by atoms with van der Waals surface area (Å²) in [5.41, 5.74) is 6.07. The van der Waals surface area contributed by atoms with Gasteiger partial charge in [-0.2, -0.15) is 5.10 Å². The number of guanidine groups is 1. The molecule has 154 valence electrons. The van der Waals surface area contributed by atoms with Crippen molar-refractivity contribution in [2.75, 3.05) is 13.6 Å². The zero-order valence-corrected chi connectivity index (χ0v) is 18.5. The van der Waals surface area contributed by atoms with Gasteiger partial charge >= 0.3 is 0 Å². The molecule has 6 nitrogen and oxygen atoms in total. The van der Waals surface area contributed by atoms with Crippen LogP contribution in [-0.4, -0.2) is 40.3 Å². The van der Waals surface area contributed by atoms with Crippen LogP contribution in [0.5, 0.6) is 0 Å². The van der Waals surface area contributed by atoms with E-state index in [4.69, 9.17) is 4.99 Å². The molecule has 0 spiro atoms. The molecular formula is C22H36N6. The first-order valence-electron chi connectivity index (χ1n) is 10.1. The monoisotopic (exact) mass is 384 g/mol. The second-order valence-corrected chi connectivity index (χ2v) is 7.60. The topological polar surface area (TPSA) is 57.5 Å². The highest BCUT2D eigenvalue weighted by Gasteiger charge is 2.11. The smallest absolute Gasteiger partial charge is 0.191 e. The molecule has 0 fully saturated rings. The Hall–Kier alpha value is -2.34. The molecule has 0 atom stereocenters. The number of benzene rings is 1. The quantitative estimate of drug-likeness (QED) is 0.542. The van der Waals surface area contributed by atoms with Gasteiger partial charge in [-0.15, -0.1) is 0 Å². The molecule has 0 radical (unpaired) electrons. The van der Waals surface area contributed by atoms with Gasteiger partial charge in [0, 0.05) is 44.0 Å². The molecule has 28 heavy (non-hydrogen) atoms. The summed E-state index contributed by atoms with van der Waals surface area (Å²) in [5.74, 6) is 0.831. The Balaban J connectivity index is 2.10. The average molecular weight is 385 g/mol. The third-order valence-electron chi connectivity index (χ3n) is 5.26. The van der Waals surface area contributed by atoms with Crippen LogP contribution in [0.25, 0.3) is 0 Å². The third-order valence-corrected chi connectivity index (χ3v) is 5.26. The molecule has 2 aromatic rings. The molecule has 2 rings (SSSR count). The van der Waals surface area contributed by atoms with Gasteiger partial charge in [0.25, 0.3) is 0 Å². The van der Waals surface area contributed by atoms with Crippen molar-refractivity contribution in [3.8, 4) is 0 Å². The first-order valence-corrected chi connectivity index (χ1v) is 10.1. The van der Waals surface area contributed by atoms with Crippen LogP contribution in [0.1, 0.15) is 48.8 Å². The highest BCUT2D eigenvalue weighted by Crippen LogP contribution is 2.14. The molecule has 1 heterocycles. The lowest BCUT2D eigenvalue weighted by atomic mass is 10.1. The molecule has 0 saturated heterocycles. The van der Waals surface area contributed by atoms with Crippen LogP contribution in [-0.2, 0) is 26.7 Å². The van der Waals surface area contributed by atoms with Crippen molar-refractivity contribution in [2.24, 2.45) is 12.0 Å². The number of hydrogen-bond donors (Lipinski definition) is 2. The number of nitrogens with one attached hydrogen (secondary N) is 2. The van der Waals surface area contributed by atoms with Crippen LogP contribution in [0.2, 0.25) is 0 Å². The predicted octanol–water partition coefficient (Wildman–Crippen LogP) is 3.13. The minimum Gasteiger partial charge on any atom is -0.357 e. The first kappa shape index (κ1) is 22.0. The number of rotatable bonds is 8. The van der Waals surface area contributed by atoms with E-state index in [9.17, 15) is 0 Å². The number of aromatic nitrogens is 2. The summed E-state index contributed by atoms with van der Waals surface area (Å²) in [7, 11) is 4.14. The number of nitrogens with zero attached hydrogens (tertiary/aromatic N) is 4. The van der Waals surface area contributed by atoms with E-state index in [-0.39, 0.29) is 0 Å². The Bertz CT molecular complexity index is 790. The molecule has 0 amide bonds. The largest absolute Gasteiger partial charge is 0.357 e. The van der Waals surface area contributed by atoms with Crippen LogP contribution in [0.4, 0.5) is 0 Å². The number of aliphatic imine (C=N–C) groups is 1. The fraction of sp³-hybridized carbons (Fsp3) is 0.545. The van der Waals surface area contributed by atoms with Gasteiger partial charge in [-0.1, -0.05) is 24.3 Å². The highest BCUT2D eigenvalue weighted by molar-refractivity contribution is 5.79. The zero-order chi connectivity index (χ0) is 20.7. The van der Waals surface area contributed by atoms with Gasteiger partial charge in [0.15, 0.2) is 5.96 Å². The standard InChI is InChI=1S/C22H36N6/c1-8-23-22(25-14-21-17(4)26-28(7)18(21)5)24-13-19-11-9-10-12-20(19)15-27(6)16(2)3/h9-12,16H,8,13-15H2,1-7H3,(H2,23,24,25). The average Bonchev–Trinajstić information content (AvgIpc) is 2.90. The van der Waals surface area contributed by atoms with Gasteiger partial charge in [0.05, 0.1) is 12.2 Å². The van der Waals surface area contributed by atoms with Crippen LogP contribution in [0.15, 0.2) is 29.3 Å². The molecule has 2 N–H and O–H groups in total. The summed E-state index contributed by atoms with van der Waals surface area (Å²) in [6.45, 7) is 13.8. The minimum absolute atomic E-state index is 0.515. The summed E-state index contributed by atoms with van der Waals surface area (Å²) < 4.78 is 1.93. The van der Waals surface area contributed by atoms with Crippen LogP contribution in [0.3, 0.4) is 0 Å². The second-order valence-electron chi connectivity index (χ2n) is 7.60. The van der Waals surface area contributed by atoms with Gasteiger partial charge in [0.1, 0.15) is 0 Å². The summed E-state index contributed by atoms with van der Waals surface area (Å²) in [6, 6.07) is 9.08. The van der Waals surface area contributed by atoms with Crippen molar-refractivity contribution in [2.45, 2.75) is 60.3 Å². The van der Waals surface area contributed by atoms with Gasteiger partial charge in [-0.05, 0) is 52.8 Å². The van der Waals surface area contributed by atoms with Crippen molar-refractivity contribution in [3.05, 3.63) is 52.3 Å². The van der Waals surface area contributed by atoms with E-state index < -0.39 is 0 Å². The maximum Gasteiger partial charge on any atom is 0.191 e. The van der Waals surface area contributed by atoms with E-state index in [1.807, 2.05) is 11.7 Å². The molecular weight excluding hydrogens is 348 g/mol. The molecule has 6 heteroatoms. The third kappa shape index (κ3) is 5.83. The van der Waals surface area contributed by atoms with Crippen molar-refractivity contribution in [1.82, 2.24) is 25.3 Å². The van der Waals surface area contributed by atoms with Crippen LogP contribution < -0.4 is 10.6 Å². The molecule has 0 saturated carbocycles. The molecule has 0 bridgehead atoms. The van der Waals surface area contributed by atoms with E-state index in [1.165, 1.54) is 22.4 Å². The van der Waals surface area contributed by atoms with Crippen molar-refractivity contribution in [1.29, 1.82) is 0 Å². The normalized spacial score (nSPS) is 12.1. The van der Waals surface area contributed by atoms with Crippen molar-refractivity contribution < 1.29 is 0 Å². The van der Waals surface area contributed by atoms with E-state index in [0.29, 0.717) is 12.6 Å². The SMILES string of the molecule is CCNC(=NCc1ccccc1CN(C)C(C)C)NCc1c(C)nn(C)c1C. The van der Waals surface area contributed by atoms with E-state index in [1.54, 1.807) is 0 Å². The molecule has 0 aliphatic rings. The van der Waals surface area contributed by atoms with Gasteiger partial charge < -0.3 is 10.6 Å². The van der Waals surface area contributed by atoms with Crippen LogP contribution >= 0.6 is 0 Å². The Morgan fingerprint density at radius 1 is 1.18 bits per heavy atom.